The molecule has 0 aromatic carbocycles. The molecule has 0 amide bonds. The molecule has 0 saturated carbocycles. The van der Waals surface area contributed by atoms with Crippen LogP contribution >= 0.6 is 0 Å². The van der Waals surface area contributed by atoms with Gasteiger partial charge in [-0.2, -0.15) is 101 Å². The van der Waals surface area contributed by atoms with Gasteiger partial charge < -0.3 is 0 Å². The second-order valence-corrected chi connectivity index (χ2v) is 6.49. The van der Waals surface area contributed by atoms with Gasteiger partial charge in [-0.05, 0) is 6.08 Å². The van der Waals surface area contributed by atoms with Crippen LogP contribution in [0.1, 0.15) is 0 Å². The van der Waals surface area contributed by atoms with E-state index >= 15 is 0 Å². The van der Waals surface area contributed by atoms with E-state index in [1.165, 1.54) is 0 Å². The van der Waals surface area contributed by atoms with Crippen LogP contribution in [0.25, 0.3) is 0 Å². The normalized spacial score (nSPS) is 16.9. The van der Waals surface area contributed by atoms with E-state index < -0.39 is 71.5 Å². The lowest BCUT2D eigenvalue weighted by atomic mass is 9.85. The quantitative estimate of drug-likeness (QED) is 0.177. The van der Waals surface area contributed by atoms with E-state index in [0.717, 1.165) is 0 Å². The highest BCUT2D eigenvalue weighted by molar-refractivity contribution is 5.20. The van der Waals surface area contributed by atoms with Crippen molar-refractivity contribution in [1.82, 2.24) is 0 Å². The zero-order chi connectivity index (χ0) is 30.2. The van der Waals surface area contributed by atoms with Gasteiger partial charge in [-0.25, -0.2) is 0 Å². The molecule has 0 nitrogen and oxygen atoms in total. The monoisotopic (exact) mass is 596 g/mol. The number of allylic oxidation sites excluding steroid dienone is 1. The number of halogens is 23. The summed E-state index contributed by atoms with van der Waals surface area (Å²) in [7, 11) is 0. The maximum Gasteiger partial charge on any atom is 0.460 e. The molecular formula is C13H3F23. The summed E-state index contributed by atoms with van der Waals surface area (Å²) in [6.45, 7) is 1.64. The molecule has 0 heterocycles. The van der Waals surface area contributed by atoms with E-state index in [1.54, 1.807) is 6.58 Å². The van der Waals surface area contributed by atoms with Gasteiger partial charge in [0.1, 0.15) is 0 Å². The predicted molar refractivity (Wildman–Crippen MR) is 65.7 cm³/mol. The fourth-order valence-corrected chi connectivity index (χ4v) is 1.90. The summed E-state index contributed by atoms with van der Waals surface area (Å²) in [5, 5.41) is 0. The van der Waals surface area contributed by atoms with Crippen LogP contribution in [0, 0.1) is 0 Å². The topological polar surface area (TPSA) is 0 Å². The van der Waals surface area contributed by atoms with Gasteiger partial charge in [0.15, 0.2) is 0 Å². The summed E-state index contributed by atoms with van der Waals surface area (Å²) in [4.78, 5) is 0. The van der Waals surface area contributed by atoms with E-state index in [0.29, 0.717) is 0 Å². The standard InChI is InChI=1S/C13H3F23/c1-2-3(14,15)4(16,17)5(18,19)6(20,21)7(22,23)8(24,25)9(26,27)10(28,29)11(30,31)12(32,33)13(34,35)36/h2H,1H2. The van der Waals surface area contributed by atoms with Crippen molar-refractivity contribution in [3.8, 4) is 0 Å². The molecule has 0 fully saturated rings. The molecule has 0 aliphatic heterocycles. The maximum atomic E-state index is 13.4. The highest BCUT2D eigenvalue weighted by Crippen LogP contribution is 2.67. The SMILES string of the molecule is C=CC(F)(F)C(F)(F)C(F)(F)C(F)(F)C(F)(F)C(F)(F)C(F)(F)C(F)(F)C(F)(F)C(F)(F)C(F)(F)F. The van der Waals surface area contributed by atoms with Crippen molar-refractivity contribution in [2.24, 2.45) is 0 Å². The molecule has 0 aromatic rings. The lowest BCUT2D eigenvalue weighted by molar-refractivity contribution is -0.477. The summed E-state index contributed by atoms with van der Waals surface area (Å²) in [5.41, 5.74) is 0. The Morgan fingerprint density at radius 2 is 0.444 bits per heavy atom. The molecule has 0 saturated heterocycles. The lowest BCUT2D eigenvalue weighted by Gasteiger charge is -2.45. The molecule has 0 radical (unpaired) electrons. The van der Waals surface area contributed by atoms with Crippen molar-refractivity contribution in [1.29, 1.82) is 0 Å². The summed E-state index contributed by atoms with van der Waals surface area (Å²) in [5.74, 6) is -87.4. The van der Waals surface area contributed by atoms with Gasteiger partial charge in [0, 0.05) is 0 Å². The third-order valence-corrected chi connectivity index (χ3v) is 4.19. The highest BCUT2D eigenvalue weighted by atomic mass is 19.4. The van der Waals surface area contributed by atoms with Gasteiger partial charge >= 0.3 is 65.4 Å². The summed E-state index contributed by atoms with van der Waals surface area (Å²) in [6.07, 6.45) is -9.79. The molecule has 0 aliphatic rings. The van der Waals surface area contributed by atoms with Gasteiger partial charge in [-0.1, -0.05) is 6.58 Å². The van der Waals surface area contributed by atoms with Crippen molar-refractivity contribution in [3.63, 3.8) is 0 Å². The molecule has 0 aromatic heterocycles. The molecule has 0 N–H and O–H groups in total. The lowest BCUT2D eigenvalue weighted by Crippen LogP contribution is -2.77. The molecule has 23 heteroatoms. The van der Waals surface area contributed by atoms with Gasteiger partial charge in [0.25, 0.3) is 0 Å². The van der Waals surface area contributed by atoms with Crippen LogP contribution in [-0.2, 0) is 0 Å². The average Bonchev–Trinajstić information content (AvgIpc) is 2.65. The van der Waals surface area contributed by atoms with E-state index in [-0.39, 0.29) is 0 Å². The summed E-state index contributed by atoms with van der Waals surface area (Å²) >= 11 is 0. The largest absolute Gasteiger partial charge is 0.460 e. The van der Waals surface area contributed by atoms with Crippen molar-refractivity contribution in [3.05, 3.63) is 12.7 Å². The van der Waals surface area contributed by atoms with E-state index in [2.05, 4.69) is 0 Å². The molecule has 0 aliphatic carbocycles. The fraction of sp³-hybridized carbons (Fsp3) is 0.846. The summed E-state index contributed by atoms with van der Waals surface area (Å²) < 4.78 is 298. The van der Waals surface area contributed by atoms with E-state index in [9.17, 15) is 101 Å². The third-order valence-electron chi connectivity index (χ3n) is 4.19. The second kappa shape index (κ2) is 8.06. The summed E-state index contributed by atoms with van der Waals surface area (Å²) in [6, 6.07) is 0. The number of rotatable bonds is 10. The molecule has 0 spiro atoms. The minimum Gasteiger partial charge on any atom is -0.195 e. The Bertz CT molecular complexity index is 825. The molecule has 0 unspecified atom stereocenters. The Kier molecular flexibility index (Phi) is 7.64. The first-order chi connectivity index (χ1) is 15.1. The molecular weight excluding hydrogens is 593 g/mol. The van der Waals surface area contributed by atoms with Crippen molar-refractivity contribution >= 4 is 0 Å². The van der Waals surface area contributed by atoms with Crippen molar-refractivity contribution in [2.45, 2.75) is 65.4 Å². The van der Waals surface area contributed by atoms with Gasteiger partial charge in [-0.15, -0.1) is 0 Å². The van der Waals surface area contributed by atoms with Gasteiger partial charge in [0.05, 0.1) is 0 Å². The smallest absolute Gasteiger partial charge is 0.195 e. The van der Waals surface area contributed by atoms with Crippen LogP contribution in [0.5, 0.6) is 0 Å². The first kappa shape index (κ1) is 34.1. The Hall–Kier alpha value is -1.87. The van der Waals surface area contributed by atoms with E-state index in [4.69, 9.17) is 0 Å². The molecule has 0 bridgehead atoms. The minimum absolute atomic E-state index is 1.64. The third kappa shape index (κ3) is 3.75. The number of alkyl halides is 23. The van der Waals surface area contributed by atoms with Crippen molar-refractivity contribution < 1.29 is 101 Å². The van der Waals surface area contributed by atoms with Crippen molar-refractivity contribution in [2.75, 3.05) is 0 Å². The van der Waals surface area contributed by atoms with Gasteiger partial charge in [-0.3, -0.25) is 0 Å². The second-order valence-electron chi connectivity index (χ2n) is 6.49. The Labute approximate surface area is 180 Å². The predicted octanol–water partition coefficient (Wildman–Crippen LogP) is 8.09. The van der Waals surface area contributed by atoms with Crippen LogP contribution in [0.15, 0.2) is 12.7 Å². The Morgan fingerprint density at radius 1 is 0.278 bits per heavy atom. The van der Waals surface area contributed by atoms with Crippen LogP contribution in [0.2, 0.25) is 0 Å². The van der Waals surface area contributed by atoms with Crippen LogP contribution < -0.4 is 0 Å². The average molecular weight is 596 g/mol. The zero-order valence-corrected chi connectivity index (χ0v) is 15.5. The van der Waals surface area contributed by atoms with Crippen LogP contribution in [-0.4, -0.2) is 65.4 Å². The molecule has 0 atom stereocenters. The zero-order valence-electron chi connectivity index (χ0n) is 15.5. The van der Waals surface area contributed by atoms with Crippen LogP contribution in [0.4, 0.5) is 101 Å². The highest BCUT2D eigenvalue weighted by Gasteiger charge is 2.98. The fourth-order valence-electron chi connectivity index (χ4n) is 1.90. The van der Waals surface area contributed by atoms with Gasteiger partial charge in [0.2, 0.25) is 0 Å². The van der Waals surface area contributed by atoms with E-state index in [1.807, 2.05) is 0 Å². The number of hydrogen-bond acceptors (Lipinski definition) is 0. The first-order valence-electron chi connectivity index (χ1n) is 7.54. The van der Waals surface area contributed by atoms with Crippen LogP contribution in [0.3, 0.4) is 0 Å². The molecule has 36 heavy (non-hydrogen) atoms. The first-order valence-corrected chi connectivity index (χ1v) is 7.54. The maximum absolute atomic E-state index is 13.4. The molecule has 0 rings (SSSR count). The Morgan fingerprint density at radius 3 is 0.611 bits per heavy atom. The Balaban J connectivity index is 7.20. The molecule has 216 valence electrons. The minimum atomic E-state index is -9.37. The number of hydrogen-bond donors (Lipinski definition) is 0.